The van der Waals surface area contributed by atoms with Crippen LogP contribution in [0.15, 0.2) is 59.5 Å². The van der Waals surface area contributed by atoms with Crippen LogP contribution in [0.3, 0.4) is 0 Å². The molecule has 1 aliphatic rings. The molecule has 0 spiro atoms. The van der Waals surface area contributed by atoms with Crippen LogP contribution in [-0.2, 0) is 21.2 Å². The second-order valence-electron chi connectivity index (χ2n) is 8.65. The van der Waals surface area contributed by atoms with Gasteiger partial charge in [-0.1, -0.05) is 30.3 Å². The first-order valence-corrected chi connectivity index (χ1v) is 12.7. The van der Waals surface area contributed by atoms with E-state index in [9.17, 15) is 13.2 Å². The standard InChI is InChI=1S/C25H34N2O4S/c1-20(2)27(32(29,30)24-11-9-23(31-3)10-12-24)18-15-25(28)26-16-13-22(14-17-26)19-21-7-5-4-6-8-21/h4-12,20,22H,13-19H2,1-3H3. The second kappa shape index (κ2) is 11.0. The third-order valence-electron chi connectivity index (χ3n) is 6.12. The van der Waals surface area contributed by atoms with E-state index in [1.54, 1.807) is 31.4 Å². The molecule has 2 aromatic rings. The fourth-order valence-corrected chi connectivity index (χ4v) is 5.87. The Labute approximate surface area is 192 Å². The Hall–Kier alpha value is -2.38. The third-order valence-corrected chi connectivity index (χ3v) is 8.21. The van der Waals surface area contributed by atoms with E-state index >= 15 is 0 Å². The third kappa shape index (κ3) is 6.11. The van der Waals surface area contributed by atoms with E-state index in [-0.39, 0.29) is 29.8 Å². The normalized spacial score (nSPS) is 15.3. The van der Waals surface area contributed by atoms with Gasteiger partial charge in [0.1, 0.15) is 5.75 Å². The minimum Gasteiger partial charge on any atom is -0.497 e. The Morgan fingerprint density at radius 3 is 2.25 bits per heavy atom. The van der Waals surface area contributed by atoms with Crippen molar-refractivity contribution < 1.29 is 17.9 Å². The van der Waals surface area contributed by atoms with Crippen molar-refractivity contribution in [1.82, 2.24) is 9.21 Å². The number of amides is 1. The number of piperidine rings is 1. The molecule has 0 radical (unpaired) electrons. The zero-order valence-corrected chi connectivity index (χ0v) is 20.1. The quantitative estimate of drug-likeness (QED) is 0.570. The van der Waals surface area contributed by atoms with Crippen molar-refractivity contribution in [3.63, 3.8) is 0 Å². The van der Waals surface area contributed by atoms with Crippen LogP contribution in [0.2, 0.25) is 0 Å². The van der Waals surface area contributed by atoms with Crippen molar-refractivity contribution in [2.45, 2.75) is 50.5 Å². The summed E-state index contributed by atoms with van der Waals surface area (Å²) >= 11 is 0. The number of carbonyl (C=O) groups is 1. The predicted octanol–water partition coefficient (Wildman–Crippen LogP) is 3.97. The first kappa shape index (κ1) is 24.3. The Bertz CT molecular complexity index is 967. The molecule has 0 bridgehead atoms. The molecule has 0 unspecified atom stereocenters. The molecule has 1 amide bonds. The fourth-order valence-electron chi connectivity index (χ4n) is 4.24. The number of hydrogen-bond donors (Lipinski definition) is 0. The summed E-state index contributed by atoms with van der Waals surface area (Å²) in [5, 5.41) is 0. The maximum Gasteiger partial charge on any atom is 0.243 e. The average molecular weight is 459 g/mol. The summed E-state index contributed by atoms with van der Waals surface area (Å²) in [4.78, 5) is 14.9. The lowest BCUT2D eigenvalue weighted by Gasteiger charge is -2.33. The number of rotatable bonds is 9. The summed E-state index contributed by atoms with van der Waals surface area (Å²) in [5.41, 5.74) is 1.34. The highest BCUT2D eigenvalue weighted by atomic mass is 32.2. The van der Waals surface area contributed by atoms with Gasteiger partial charge >= 0.3 is 0 Å². The average Bonchev–Trinajstić information content (AvgIpc) is 2.80. The zero-order valence-electron chi connectivity index (χ0n) is 19.2. The minimum absolute atomic E-state index is 0.0266. The molecule has 0 aromatic heterocycles. The SMILES string of the molecule is COc1ccc(S(=O)(=O)N(CCC(=O)N2CCC(Cc3ccccc3)CC2)C(C)C)cc1. The molecule has 0 N–H and O–H groups in total. The van der Waals surface area contributed by atoms with Crippen molar-refractivity contribution in [3.05, 3.63) is 60.2 Å². The highest BCUT2D eigenvalue weighted by Gasteiger charge is 2.29. The summed E-state index contributed by atoms with van der Waals surface area (Å²) in [5.74, 6) is 1.22. The van der Waals surface area contributed by atoms with Gasteiger partial charge in [-0.3, -0.25) is 4.79 Å². The van der Waals surface area contributed by atoms with Crippen molar-refractivity contribution in [1.29, 1.82) is 0 Å². The van der Waals surface area contributed by atoms with Crippen LogP contribution in [0, 0.1) is 5.92 Å². The number of benzene rings is 2. The molecular weight excluding hydrogens is 424 g/mol. The molecule has 0 saturated carbocycles. The Morgan fingerprint density at radius 2 is 1.69 bits per heavy atom. The van der Waals surface area contributed by atoms with Gasteiger partial charge in [0.2, 0.25) is 15.9 Å². The maximum absolute atomic E-state index is 13.1. The monoisotopic (exact) mass is 458 g/mol. The largest absolute Gasteiger partial charge is 0.497 e. The first-order chi connectivity index (χ1) is 15.3. The zero-order chi connectivity index (χ0) is 23.1. The topological polar surface area (TPSA) is 66.9 Å². The summed E-state index contributed by atoms with van der Waals surface area (Å²) in [6.45, 7) is 5.32. The van der Waals surface area contributed by atoms with E-state index in [0.717, 1.165) is 32.4 Å². The van der Waals surface area contributed by atoms with Crippen LogP contribution in [0.5, 0.6) is 5.75 Å². The van der Waals surface area contributed by atoms with Gasteiger partial charge in [0.05, 0.1) is 12.0 Å². The van der Waals surface area contributed by atoms with Crippen LogP contribution in [0.25, 0.3) is 0 Å². The van der Waals surface area contributed by atoms with Gasteiger partial charge in [0.25, 0.3) is 0 Å². The van der Waals surface area contributed by atoms with Crippen LogP contribution in [0.4, 0.5) is 0 Å². The lowest BCUT2D eigenvalue weighted by Crippen LogP contribution is -2.43. The Morgan fingerprint density at radius 1 is 1.06 bits per heavy atom. The highest BCUT2D eigenvalue weighted by Crippen LogP contribution is 2.24. The van der Waals surface area contributed by atoms with E-state index in [0.29, 0.717) is 11.7 Å². The molecule has 2 aromatic carbocycles. The maximum atomic E-state index is 13.1. The van der Waals surface area contributed by atoms with Gasteiger partial charge in [-0.15, -0.1) is 0 Å². The lowest BCUT2D eigenvalue weighted by molar-refractivity contribution is -0.132. The summed E-state index contributed by atoms with van der Waals surface area (Å²) in [6, 6.07) is 16.6. The molecule has 1 aliphatic heterocycles. The van der Waals surface area contributed by atoms with Crippen LogP contribution in [0.1, 0.15) is 38.7 Å². The van der Waals surface area contributed by atoms with Crippen LogP contribution in [-0.4, -0.2) is 56.3 Å². The van der Waals surface area contributed by atoms with Gasteiger partial charge in [0, 0.05) is 32.1 Å². The Kier molecular flexibility index (Phi) is 8.32. The molecule has 6 nitrogen and oxygen atoms in total. The molecule has 0 aliphatic carbocycles. The highest BCUT2D eigenvalue weighted by molar-refractivity contribution is 7.89. The molecule has 1 fully saturated rings. The van der Waals surface area contributed by atoms with Gasteiger partial charge in [-0.05, 0) is 68.9 Å². The van der Waals surface area contributed by atoms with Crippen molar-refractivity contribution in [2.75, 3.05) is 26.7 Å². The number of ether oxygens (including phenoxy) is 1. The molecule has 7 heteroatoms. The summed E-state index contributed by atoms with van der Waals surface area (Å²) in [6.07, 6.45) is 3.21. The van der Waals surface area contributed by atoms with Gasteiger partial charge < -0.3 is 9.64 Å². The van der Waals surface area contributed by atoms with Crippen molar-refractivity contribution in [3.8, 4) is 5.75 Å². The van der Waals surface area contributed by atoms with Crippen molar-refractivity contribution >= 4 is 15.9 Å². The number of methoxy groups -OCH3 is 1. The lowest BCUT2D eigenvalue weighted by atomic mass is 9.90. The van der Waals surface area contributed by atoms with E-state index in [1.807, 2.05) is 24.8 Å². The van der Waals surface area contributed by atoms with E-state index in [1.165, 1.54) is 9.87 Å². The molecule has 3 rings (SSSR count). The second-order valence-corrected chi connectivity index (χ2v) is 10.5. The van der Waals surface area contributed by atoms with Crippen LogP contribution >= 0.6 is 0 Å². The smallest absolute Gasteiger partial charge is 0.243 e. The molecule has 1 heterocycles. The summed E-state index contributed by atoms with van der Waals surface area (Å²) in [7, 11) is -2.15. The number of nitrogens with zero attached hydrogens (tertiary/aromatic N) is 2. The summed E-state index contributed by atoms with van der Waals surface area (Å²) < 4.78 is 32.8. The first-order valence-electron chi connectivity index (χ1n) is 11.3. The molecular formula is C25H34N2O4S. The molecule has 174 valence electrons. The number of hydrogen-bond acceptors (Lipinski definition) is 4. The van der Waals surface area contributed by atoms with E-state index < -0.39 is 10.0 Å². The van der Waals surface area contributed by atoms with Gasteiger partial charge in [-0.2, -0.15) is 4.31 Å². The van der Waals surface area contributed by atoms with Gasteiger partial charge in [-0.25, -0.2) is 8.42 Å². The minimum atomic E-state index is -3.69. The number of sulfonamides is 1. The number of carbonyl (C=O) groups excluding carboxylic acids is 1. The van der Waals surface area contributed by atoms with E-state index in [2.05, 4.69) is 24.3 Å². The van der Waals surface area contributed by atoms with Crippen molar-refractivity contribution in [2.24, 2.45) is 5.92 Å². The molecule has 1 saturated heterocycles. The number of likely N-dealkylation sites (tertiary alicyclic amines) is 1. The van der Waals surface area contributed by atoms with Gasteiger partial charge in [0.15, 0.2) is 0 Å². The van der Waals surface area contributed by atoms with E-state index in [4.69, 9.17) is 4.74 Å². The fraction of sp³-hybridized carbons (Fsp3) is 0.480. The van der Waals surface area contributed by atoms with Crippen LogP contribution < -0.4 is 4.74 Å². The molecule has 32 heavy (non-hydrogen) atoms. The predicted molar refractivity (Wildman–Crippen MR) is 126 cm³/mol. The Balaban J connectivity index is 1.55. The molecule has 0 atom stereocenters.